The molecule has 2 aromatic rings. The van der Waals surface area contributed by atoms with Gasteiger partial charge in [0.1, 0.15) is 17.3 Å². The van der Waals surface area contributed by atoms with E-state index in [0.29, 0.717) is 29.3 Å². The average Bonchev–Trinajstić information content (AvgIpc) is 2.95. The van der Waals surface area contributed by atoms with Crippen LogP contribution in [0.4, 0.5) is 11.5 Å². The largest absolute Gasteiger partial charge is 0.491 e. The molecule has 1 aromatic carbocycles. The fourth-order valence-corrected chi connectivity index (χ4v) is 2.51. The van der Waals surface area contributed by atoms with E-state index in [9.17, 15) is 0 Å². The number of nitrogens with zero attached hydrogens (tertiary/aromatic N) is 3. The van der Waals surface area contributed by atoms with Gasteiger partial charge in [-0.15, -0.1) is 0 Å². The summed E-state index contributed by atoms with van der Waals surface area (Å²) in [5.41, 5.74) is 8.05. The highest BCUT2D eigenvalue weighted by atomic mass is 16.5. The number of anilines is 2. The Morgan fingerprint density at radius 1 is 1.36 bits per heavy atom. The minimum atomic E-state index is 0.0570. The van der Waals surface area contributed by atoms with Gasteiger partial charge in [-0.3, -0.25) is 10.1 Å². The Balaban J connectivity index is 2.29. The molecule has 0 bridgehead atoms. The van der Waals surface area contributed by atoms with Gasteiger partial charge in [-0.1, -0.05) is 0 Å². The maximum absolute atomic E-state index is 8.53. The number of ether oxygens (including phenoxy) is 2. The SMILES string of the molecule is COCCN(C)c1cc(C(=N)c2cc(OC(C)C)ccc2N)nn1C. The second-order valence-corrected chi connectivity index (χ2v) is 6.22. The van der Waals surface area contributed by atoms with Crippen molar-refractivity contribution in [1.29, 1.82) is 5.41 Å². The average molecular weight is 345 g/mol. The van der Waals surface area contributed by atoms with Gasteiger partial charge in [0, 0.05) is 45.1 Å². The van der Waals surface area contributed by atoms with E-state index < -0.39 is 0 Å². The maximum Gasteiger partial charge on any atom is 0.127 e. The Morgan fingerprint density at radius 3 is 2.72 bits per heavy atom. The second kappa shape index (κ2) is 8.02. The highest BCUT2D eigenvalue weighted by Crippen LogP contribution is 2.24. The van der Waals surface area contributed by atoms with Crippen LogP contribution in [-0.2, 0) is 11.8 Å². The molecule has 0 saturated heterocycles. The first kappa shape index (κ1) is 18.8. The van der Waals surface area contributed by atoms with E-state index in [0.717, 1.165) is 12.4 Å². The molecule has 0 aliphatic rings. The van der Waals surface area contributed by atoms with Crippen molar-refractivity contribution in [1.82, 2.24) is 9.78 Å². The lowest BCUT2D eigenvalue weighted by Crippen LogP contribution is -2.24. The van der Waals surface area contributed by atoms with Crippen molar-refractivity contribution in [2.75, 3.05) is 37.9 Å². The summed E-state index contributed by atoms with van der Waals surface area (Å²) in [5, 5.41) is 13.0. The monoisotopic (exact) mass is 345 g/mol. The number of benzene rings is 1. The zero-order chi connectivity index (χ0) is 18.6. The molecule has 3 N–H and O–H groups in total. The molecule has 25 heavy (non-hydrogen) atoms. The minimum absolute atomic E-state index is 0.0570. The predicted octanol–water partition coefficient (Wildman–Crippen LogP) is 2.29. The number of hydrogen-bond donors (Lipinski definition) is 2. The minimum Gasteiger partial charge on any atom is -0.491 e. The number of likely N-dealkylation sites (N-methyl/N-ethyl adjacent to an activating group) is 1. The van der Waals surface area contributed by atoms with Crippen molar-refractivity contribution in [3.63, 3.8) is 0 Å². The molecule has 0 saturated carbocycles. The molecule has 0 amide bonds. The van der Waals surface area contributed by atoms with E-state index in [1.807, 2.05) is 45.0 Å². The van der Waals surface area contributed by atoms with Gasteiger partial charge in [-0.2, -0.15) is 5.10 Å². The summed E-state index contributed by atoms with van der Waals surface area (Å²) in [7, 11) is 5.50. The van der Waals surface area contributed by atoms with Crippen molar-refractivity contribution < 1.29 is 9.47 Å². The molecule has 0 atom stereocenters. The summed E-state index contributed by atoms with van der Waals surface area (Å²) in [6.07, 6.45) is 0.0570. The van der Waals surface area contributed by atoms with Gasteiger partial charge in [0.25, 0.3) is 0 Å². The summed E-state index contributed by atoms with van der Waals surface area (Å²) >= 11 is 0. The molecule has 2 rings (SSSR count). The smallest absolute Gasteiger partial charge is 0.127 e. The third-order valence-corrected chi connectivity index (χ3v) is 3.80. The van der Waals surface area contributed by atoms with Crippen molar-refractivity contribution in [2.24, 2.45) is 7.05 Å². The van der Waals surface area contributed by atoms with Gasteiger partial charge in [0.15, 0.2) is 0 Å². The molecular formula is C18H27N5O2. The Bertz CT molecular complexity index is 739. The highest BCUT2D eigenvalue weighted by molar-refractivity contribution is 6.13. The van der Waals surface area contributed by atoms with Crippen LogP contribution < -0.4 is 15.4 Å². The highest BCUT2D eigenvalue weighted by Gasteiger charge is 2.17. The van der Waals surface area contributed by atoms with Crippen LogP contribution in [0.2, 0.25) is 0 Å². The van der Waals surface area contributed by atoms with E-state index >= 15 is 0 Å². The molecule has 1 heterocycles. The van der Waals surface area contributed by atoms with Crippen LogP contribution in [0.1, 0.15) is 25.1 Å². The molecule has 0 unspecified atom stereocenters. The molecule has 136 valence electrons. The molecule has 7 heteroatoms. The molecule has 0 aliphatic heterocycles. The van der Waals surface area contributed by atoms with E-state index in [4.69, 9.17) is 20.6 Å². The van der Waals surface area contributed by atoms with Crippen LogP contribution in [-0.4, -0.2) is 48.9 Å². The van der Waals surface area contributed by atoms with Crippen LogP contribution in [0.5, 0.6) is 5.75 Å². The molecule has 0 fully saturated rings. The molecular weight excluding hydrogens is 318 g/mol. The standard InChI is InChI=1S/C18H27N5O2/c1-12(2)25-13-6-7-15(19)14(10-13)18(20)16-11-17(23(4)21-16)22(3)8-9-24-5/h6-7,10-12,20H,8-9,19H2,1-5H3. The lowest BCUT2D eigenvalue weighted by Gasteiger charge is -2.17. The number of hydrogen-bond acceptors (Lipinski definition) is 6. The number of aromatic nitrogens is 2. The van der Waals surface area contributed by atoms with E-state index in [1.165, 1.54) is 0 Å². The number of nitrogens with two attached hydrogens (primary N) is 1. The summed E-state index contributed by atoms with van der Waals surface area (Å²) in [4.78, 5) is 2.04. The van der Waals surface area contributed by atoms with Gasteiger partial charge in [-0.05, 0) is 32.0 Å². The number of nitrogens with one attached hydrogen (secondary N) is 1. The third-order valence-electron chi connectivity index (χ3n) is 3.80. The zero-order valence-electron chi connectivity index (χ0n) is 15.5. The van der Waals surface area contributed by atoms with Crippen LogP contribution in [0.3, 0.4) is 0 Å². The molecule has 1 aromatic heterocycles. The van der Waals surface area contributed by atoms with Gasteiger partial charge >= 0.3 is 0 Å². The van der Waals surface area contributed by atoms with Crippen LogP contribution in [0, 0.1) is 5.41 Å². The van der Waals surface area contributed by atoms with Gasteiger partial charge < -0.3 is 20.1 Å². The van der Waals surface area contributed by atoms with E-state index in [2.05, 4.69) is 5.10 Å². The van der Waals surface area contributed by atoms with Crippen LogP contribution in [0.25, 0.3) is 0 Å². The van der Waals surface area contributed by atoms with Crippen molar-refractivity contribution >= 4 is 17.2 Å². The molecule has 0 radical (unpaired) electrons. The lowest BCUT2D eigenvalue weighted by atomic mass is 10.0. The Morgan fingerprint density at radius 2 is 2.08 bits per heavy atom. The number of methoxy groups -OCH3 is 1. The number of aryl methyl sites for hydroxylation is 1. The first-order chi connectivity index (χ1) is 11.8. The Kier molecular flexibility index (Phi) is 6.03. The van der Waals surface area contributed by atoms with Gasteiger partial charge in [0.2, 0.25) is 0 Å². The normalized spacial score (nSPS) is 11.0. The summed E-state index contributed by atoms with van der Waals surface area (Å²) in [6, 6.07) is 7.25. The third kappa shape index (κ3) is 4.51. The van der Waals surface area contributed by atoms with Crippen molar-refractivity contribution in [3.8, 4) is 5.75 Å². The topological polar surface area (TPSA) is 89.4 Å². The van der Waals surface area contributed by atoms with Gasteiger partial charge in [-0.25, -0.2) is 0 Å². The Hall–Kier alpha value is -2.54. The summed E-state index contributed by atoms with van der Waals surface area (Å²) < 4.78 is 12.6. The van der Waals surface area contributed by atoms with Crippen LogP contribution in [0.15, 0.2) is 24.3 Å². The summed E-state index contributed by atoms with van der Waals surface area (Å²) in [5.74, 6) is 1.60. The summed E-state index contributed by atoms with van der Waals surface area (Å²) in [6.45, 7) is 5.28. The van der Waals surface area contributed by atoms with Crippen molar-refractivity contribution in [3.05, 3.63) is 35.5 Å². The van der Waals surface area contributed by atoms with Crippen molar-refractivity contribution in [2.45, 2.75) is 20.0 Å². The molecule has 0 spiro atoms. The Labute approximate surface area is 148 Å². The molecule has 0 aliphatic carbocycles. The van der Waals surface area contributed by atoms with E-state index in [1.54, 1.807) is 23.9 Å². The number of rotatable bonds is 8. The second-order valence-electron chi connectivity index (χ2n) is 6.22. The first-order valence-corrected chi connectivity index (χ1v) is 8.23. The zero-order valence-corrected chi connectivity index (χ0v) is 15.5. The first-order valence-electron chi connectivity index (χ1n) is 8.23. The molecule has 7 nitrogen and oxygen atoms in total. The quantitative estimate of drug-likeness (QED) is 0.566. The van der Waals surface area contributed by atoms with Crippen LogP contribution >= 0.6 is 0 Å². The lowest BCUT2D eigenvalue weighted by molar-refractivity contribution is 0.206. The van der Waals surface area contributed by atoms with Gasteiger partial charge in [0.05, 0.1) is 18.4 Å². The maximum atomic E-state index is 8.53. The fourth-order valence-electron chi connectivity index (χ4n) is 2.51. The number of nitrogen functional groups attached to an aromatic ring is 1. The fraction of sp³-hybridized carbons (Fsp3) is 0.444. The predicted molar refractivity (Wildman–Crippen MR) is 101 cm³/mol. The van der Waals surface area contributed by atoms with E-state index in [-0.39, 0.29) is 11.8 Å².